The van der Waals surface area contributed by atoms with Gasteiger partial charge in [0.05, 0.1) is 5.69 Å². The lowest BCUT2D eigenvalue weighted by molar-refractivity contribution is 0.756. The Labute approximate surface area is 92.7 Å². The third-order valence-electron chi connectivity index (χ3n) is 1.96. The van der Waals surface area contributed by atoms with Crippen LogP contribution in [-0.2, 0) is 0 Å². The molecule has 4 nitrogen and oxygen atoms in total. The van der Waals surface area contributed by atoms with E-state index in [0.29, 0.717) is 0 Å². The van der Waals surface area contributed by atoms with Crippen molar-refractivity contribution in [2.24, 2.45) is 0 Å². The van der Waals surface area contributed by atoms with Crippen LogP contribution in [0.15, 0.2) is 29.4 Å². The van der Waals surface area contributed by atoms with Gasteiger partial charge < -0.3 is 0 Å². The summed E-state index contributed by atoms with van der Waals surface area (Å²) in [5.74, 6) is 0.964. The molecule has 1 aromatic carbocycles. The molecule has 1 aromatic heterocycles. The standard InChI is InChI=1S/C10H12N4S/c1-3-15-10-11-12-13-14(10)9-6-4-5-8(2)7-9/h4-7H,3H2,1-2H3. The average molecular weight is 220 g/mol. The largest absolute Gasteiger partial charge is 0.214 e. The summed E-state index contributed by atoms with van der Waals surface area (Å²) in [6, 6.07) is 8.13. The van der Waals surface area contributed by atoms with E-state index in [2.05, 4.69) is 41.5 Å². The highest BCUT2D eigenvalue weighted by Gasteiger charge is 2.07. The van der Waals surface area contributed by atoms with Gasteiger partial charge in [0.25, 0.3) is 0 Å². The van der Waals surface area contributed by atoms with Gasteiger partial charge in [-0.2, -0.15) is 4.68 Å². The molecule has 0 spiro atoms. The predicted octanol–water partition coefficient (Wildman–Crippen LogP) is 2.08. The summed E-state index contributed by atoms with van der Waals surface area (Å²) >= 11 is 1.64. The molecule has 0 bridgehead atoms. The minimum Gasteiger partial charge on any atom is -0.188 e. The summed E-state index contributed by atoms with van der Waals surface area (Å²) in [5.41, 5.74) is 2.21. The molecular formula is C10H12N4S. The van der Waals surface area contributed by atoms with Crippen molar-refractivity contribution in [2.45, 2.75) is 19.0 Å². The van der Waals surface area contributed by atoms with Crippen LogP contribution in [0.2, 0.25) is 0 Å². The highest BCUT2D eigenvalue weighted by atomic mass is 32.2. The van der Waals surface area contributed by atoms with Gasteiger partial charge in [-0.15, -0.1) is 5.10 Å². The maximum Gasteiger partial charge on any atom is 0.214 e. The molecule has 0 aliphatic heterocycles. The Morgan fingerprint density at radius 2 is 2.27 bits per heavy atom. The molecule has 2 rings (SSSR count). The average Bonchev–Trinajstić information content (AvgIpc) is 2.66. The maximum atomic E-state index is 3.98. The van der Waals surface area contributed by atoms with Gasteiger partial charge in [0.15, 0.2) is 0 Å². The number of aryl methyl sites for hydroxylation is 1. The zero-order chi connectivity index (χ0) is 10.7. The summed E-state index contributed by atoms with van der Waals surface area (Å²) in [5, 5.41) is 12.5. The van der Waals surface area contributed by atoms with Gasteiger partial charge in [0.1, 0.15) is 0 Å². The minimum absolute atomic E-state index is 0.836. The lowest BCUT2D eigenvalue weighted by Gasteiger charge is -2.03. The van der Waals surface area contributed by atoms with E-state index in [1.807, 2.05) is 12.1 Å². The monoisotopic (exact) mass is 220 g/mol. The Hall–Kier alpha value is -1.36. The molecule has 5 heteroatoms. The van der Waals surface area contributed by atoms with Crippen molar-refractivity contribution in [3.63, 3.8) is 0 Å². The number of hydrogen-bond donors (Lipinski definition) is 0. The van der Waals surface area contributed by atoms with E-state index in [0.717, 1.165) is 16.6 Å². The van der Waals surface area contributed by atoms with Gasteiger partial charge in [-0.25, -0.2) is 0 Å². The molecule has 0 amide bonds. The summed E-state index contributed by atoms with van der Waals surface area (Å²) in [6.45, 7) is 4.14. The van der Waals surface area contributed by atoms with Crippen molar-refractivity contribution >= 4 is 11.8 Å². The quantitative estimate of drug-likeness (QED) is 0.743. The molecular weight excluding hydrogens is 208 g/mol. The van der Waals surface area contributed by atoms with Crippen molar-refractivity contribution in [3.05, 3.63) is 29.8 Å². The molecule has 0 fully saturated rings. The number of thioether (sulfide) groups is 1. The molecule has 2 aromatic rings. The number of benzene rings is 1. The van der Waals surface area contributed by atoms with E-state index in [1.165, 1.54) is 5.56 Å². The molecule has 0 unspecified atom stereocenters. The number of nitrogens with zero attached hydrogens (tertiary/aromatic N) is 4. The Balaban J connectivity index is 2.40. The topological polar surface area (TPSA) is 43.6 Å². The third-order valence-corrected chi connectivity index (χ3v) is 2.76. The fourth-order valence-electron chi connectivity index (χ4n) is 1.32. The first-order valence-corrected chi connectivity index (χ1v) is 5.78. The van der Waals surface area contributed by atoms with Crippen LogP contribution in [0.1, 0.15) is 12.5 Å². The summed E-state index contributed by atoms with van der Waals surface area (Å²) in [7, 11) is 0. The fraction of sp³-hybridized carbons (Fsp3) is 0.300. The van der Waals surface area contributed by atoms with Crippen LogP contribution >= 0.6 is 11.8 Å². The van der Waals surface area contributed by atoms with E-state index >= 15 is 0 Å². The molecule has 0 saturated carbocycles. The first-order valence-electron chi connectivity index (χ1n) is 4.79. The van der Waals surface area contributed by atoms with Gasteiger partial charge in [-0.3, -0.25) is 0 Å². The number of aromatic nitrogens is 4. The highest BCUT2D eigenvalue weighted by molar-refractivity contribution is 7.99. The van der Waals surface area contributed by atoms with Gasteiger partial charge in [0, 0.05) is 0 Å². The lowest BCUT2D eigenvalue weighted by Crippen LogP contribution is -1.99. The van der Waals surface area contributed by atoms with Gasteiger partial charge in [-0.05, 0) is 40.8 Å². The van der Waals surface area contributed by atoms with Gasteiger partial charge in [-0.1, -0.05) is 30.8 Å². The zero-order valence-electron chi connectivity index (χ0n) is 8.71. The minimum atomic E-state index is 0.836. The Bertz CT molecular complexity index is 452. The number of hydrogen-bond acceptors (Lipinski definition) is 4. The van der Waals surface area contributed by atoms with Crippen LogP contribution in [0.5, 0.6) is 0 Å². The second-order valence-electron chi connectivity index (χ2n) is 3.15. The maximum absolute atomic E-state index is 3.98. The molecule has 0 saturated heterocycles. The zero-order valence-corrected chi connectivity index (χ0v) is 9.53. The van der Waals surface area contributed by atoms with Crippen molar-refractivity contribution < 1.29 is 0 Å². The van der Waals surface area contributed by atoms with Crippen LogP contribution in [0.3, 0.4) is 0 Å². The second kappa shape index (κ2) is 4.44. The third kappa shape index (κ3) is 2.18. The Morgan fingerprint density at radius 3 is 3.00 bits per heavy atom. The highest BCUT2D eigenvalue weighted by Crippen LogP contribution is 2.17. The van der Waals surface area contributed by atoms with E-state index < -0.39 is 0 Å². The summed E-state index contributed by atoms with van der Waals surface area (Å²) in [4.78, 5) is 0. The van der Waals surface area contributed by atoms with Crippen LogP contribution in [0.4, 0.5) is 0 Å². The van der Waals surface area contributed by atoms with E-state index in [9.17, 15) is 0 Å². The van der Waals surface area contributed by atoms with Crippen molar-refractivity contribution in [1.82, 2.24) is 20.2 Å². The molecule has 15 heavy (non-hydrogen) atoms. The molecule has 0 atom stereocenters. The smallest absolute Gasteiger partial charge is 0.188 e. The van der Waals surface area contributed by atoms with Crippen molar-refractivity contribution in [1.29, 1.82) is 0 Å². The van der Waals surface area contributed by atoms with E-state index in [1.54, 1.807) is 16.4 Å². The van der Waals surface area contributed by atoms with E-state index in [4.69, 9.17) is 0 Å². The first kappa shape index (κ1) is 10.2. The fourth-order valence-corrected chi connectivity index (χ4v) is 1.94. The Morgan fingerprint density at radius 1 is 1.40 bits per heavy atom. The summed E-state index contributed by atoms with van der Waals surface area (Å²) < 4.78 is 1.77. The molecule has 1 heterocycles. The molecule has 0 radical (unpaired) electrons. The van der Waals surface area contributed by atoms with Crippen LogP contribution in [0.25, 0.3) is 5.69 Å². The van der Waals surface area contributed by atoms with E-state index in [-0.39, 0.29) is 0 Å². The second-order valence-corrected chi connectivity index (χ2v) is 4.38. The number of rotatable bonds is 3. The van der Waals surface area contributed by atoms with Crippen LogP contribution in [0, 0.1) is 6.92 Å². The van der Waals surface area contributed by atoms with Crippen molar-refractivity contribution in [3.8, 4) is 5.69 Å². The molecule has 0 N–H and O–H groups in total. The Kier molecular flexibility index (Phi) is 3.01. The summed E-state index contributed by atoms with van der Waals surface area (Å²) in [6.07, 6.45) is 0. The molecule has 0 aliphatic carbocycles. The first-order chi connectivity index (χ1) is 7.31. The lowest BCUT2D eigenvalue weighted by atomic mass is 10.2. The van der Waals surface area contributed by atoms with Gasteiger partial charge in [0.2, 0.25) is 5.16 Å². The molecule has 0 aliphatic rings. The van der Waals surface area contributed by atoms with Crippen LogP contribution in [-0.4, -0.2) is 26.0 Å². The predicted molar refractivity (Wildman–Crippen MR) is 60.3 cm³/mol. The van der Waals surface area contributed by atoms with Gasteiger partial charge >= 0.3 is 0 Å². The molecule has 78 valence electrons. The SMILES string of the molecule is CCSc1nnnn1-c1cccc(C)c1. The van der Waals surface area contributed by atoms with Crippen molar-refractivity contribution in [2.75, 3.05) is 5.75 Å². The normalized spacial score (nSPS) is 10.5. The van der Waals surface area contributed by atoms with Crippen LogP contribution < -0.4 is 0 Å². The number of tetrazole rings is 1.